The van der Waals surface area contributed by atoms with Crippen LogP contribution in [-0.4, -0.2) is 6.21 Å². The van der Waals surface area contributed by atoms with Gasteiger partial charge < -0.3 is 5.32 Å². The molecule has 19 heavy (non-hydrogen) atoms. The average molecular weight is 248 g/mol. The number of hydrogen-bond acceptors (Lipinski definition) is 2. The minimum absolute atomic E-state index is 0.0959. The van der Waals surface area contributed by atoms with E-state index >= 15 is 0 Å². The first kappa shape index (κ1) is 11.7. The monoisotopic (exact) mass is 248 g/mol. The summed E-state index contributed by atoms with van der Waals surface area (Å²) >= 11 is 0. The lowest BCUT2D eigenvalue weighted by Crippen LogP contribution is -2.21. The Morgan fingerprint density at radius 1 is 0.789 bits per heavy atom. The molecule has 0 aliphatic carbocycles. The van der Waals surface area contributed by atoms with Gasteiger partial charge in [-0.05, 0) is 23.4 Å². The molecule has 2 atom stereocenters. The van der Waals surface area contributed by atoms with Crippen molar-refractivity contribution in [1.29, 1.82) is 0 Å². The van der Waals surface area contributed by atoms with Crippen molar-refractivity contribution in [3.63, 3.8) is 0 Å². The van der Waals surface area contributed by atoms with Crippen molar-refractivity contribution in [2.45, 2.75) is 12.1 Å². The molecule has 0 spiro atoms. The van der Waals surface area contributed by atoms with Crippen LogP contribution in [0.1, 0.15) is 23.2 Å². The Balaban J connectivity index is 2.00. The molecule has 2 aromatic carbocycles. The molecule has 0 fully saturated rings. The first-order valence-electron chi connectivity index (χ1n) is 6.49. The SMILES string of the molecule is C1=CN[C@@H](c2ccccc2)[C@H](c2ccccc2)N=C1. The van der Waals surface area contributed by atoms with Crippen molar-refractivity contribution in [2.75, 3.05) is 0 Å². The normalized spacial score (nSPS) is 21.7. The predicted molar refractivity (Wildman–Crippen MR) is 79.1 cm³/mol. The molecule has 2 heteroatoms. The molecular formula is C17H16N2. The van der Waals surface area contributed by atoms with Crippen LogP contribution in [0.4, 0.5) is 0 Å². The molecule has 0 radical (unpaired) electrons. The van der Waals surface area contributed by atoms with Gasteiger partial charge >= 0.3 is 0 Å². The van der Waals surface area contributed by atoms with E-state index in [-0.39, 0.29) is 12.1 Å². The average Bonchev–Trinajstić information content (AvgIpc) is 2.75. The van der Waals surface area contributed by atoms with Gasteiger partial charge in [-0.2, -0.15) is 0 Å². The van der Waals surface area contributed by atoms with Crippen molar-refractivity contribution < 1.29 is 0 Å². The summed E-state index contributed by atoms with van der Waals surface area (Å²) in [6.07, 6.45) is 5.77. The summed E-state index contributed by atoms with van der Waals surface area (Å²) in [5.74, 6) is 0. The van der Waals surface area contributed by atoms with Crippen molar-refractivity contribution in [3.05, 3.63) is 84.1 Å². The fraction of sp³-hybridized carbons (Fsp3) is 0.118. The highest BCUT2D eigenvalue weighted by Crippen LogP contribution is 2.32. The highest BCUT2D eigenvalue weighted by Gasteiger charge is 2.23. The van der Waals surface area contributed by atoms with Crippen molar-refractivity contribution >= 4 is 6.21 Å². The Hall–Kier alpha value is -2.35. The van der Waals surface area contributed by atoms with Crippen molar-refractivity contribution in [1.82, 2.24) is 5.32 Å². The van der Waals surface area contributed by atoms with E-state index in [0.29, 0.717) is 0 Å². The zero-order chi connectivity index (χ0) is 12.9. The lowest BCUT2D eigenvalue weighted by molar-refractivity contribution is 0.516. The third kappa shape index (κ3) is 2.58. The minimum Gasteiger partial charge on any atom is -0.382 e. The molecule has 1 heterocycles. The van der Waals surface area contributed by atoms with Gasteiger partial charge in [0.25, 0.3) is 0 Å². The first-order chi connectivity index (χ1) is 9.45. The number of benzene rings is 2. The van der Waals surface area contributed by atoms with Crippen LogP contribution in [-0.2, 0) is 0 Å². The number of nitrogens with one attached hydrogen (secondary N) is 1. The van der Waals surface area contributed by atoms with Gasteiger partial charge in [0.05, 0.1) is 12.1 Å². The molecule has 0 saturated carbocycles. The number of aliphatic imine (C=N–C) groups is 1. The van der Waals surface area contributed by atoms with Gasteiger partial charge in [0.1, 0.15) is 0 Å². The summed E-state index contributed by atoms with van der Waals surface area (Å²) in [5, 5.41) is 3.44. The predicted octanol–water partition coefficient (Wildman–Crippen LogP) is 3.66. The highest BCUT2D eigenvalue weighted by atomic mass is 15.0. The number of allylic oxidation sites excluding steroid dienone is 1. The molecule has 0 bridgehead atoms. The Bertz CT molecular complexity index is 573. The van der Waals surface area contributed by atoms with Gasteiger partial charge in [-0.15, -0.1) is 0 Å². The maximum absolute atomic E-state index is 4.68. The molecule has 2 nitrogen and oxygen atoms in total. The highest BCUT2D eigenvalue weighted by molar-refractivity contribution is 5.71. The maximum Gasteiger partial charge on any atom is 0.0991 e. The maximum atomic E-state index is 4.68. The summed E-state index contributed by atoms with van der Waals surface area (Å²) in [6, 6.07) is 21.1. The molecule has 0 amide bonds. The van der Waals surface area contributed by atoms with Crippen LogP contribution >= 0.6 is 0 Å². The van der Waals surface area contributed by atoms with E-state index in [1.54, 1.807) is 0 Å². The van der Waals surface area contributed by atoms with Crippen LogP contribution in [0.3, 0.4) is 0 Å². The molecular weight excluding hydrogens is 232 g/mol. The van der Waals surface area contributed by atoms with E-state index in [9.17, 15) is 0 Å². The summed E-state index contributed by atoms with van der Waals surface area (Å²) in [5.41, 5.74) is 2.48. The third-order valence-corrected chi connectivity index (χ3v) is 3.32. The van der Waals surface area contributed by atoms with Crippen LogP contribution in [0, 0.1) is 0 Å². The molecule has 1 aliphatic heterocycles. The molecule has 94 valence electrons. The quantitative estimate of drug-likeness (QED) is 0.861. The standard InChI is InChI=1S/C17H16N2/c1-3-8-14(9-4-1)16-17(19-13-7-12-18-16)15-10-5-2-6-11-15/h1-13,16-18H/t16-,17-/m0/s1. The van der Waals surface area contributed by atoms with E-state index in [1.807, 2.05) is 30.6 Å². The molecule has 0 unspecified atom stereocenters. The number of rotatable bonds is 2. The van der Waals surface area contributed by atoms with Crippen molar-refractivity contribution in [2.24, 2.45) is 4.99 Å². The first-order valence-corrected chi connectivity index (χ1v) is 6.49. The number of nitrogens with zero attached hydrogens (tertiary/aromatic N) is 1. The Morgan fingerprint density at radius 3 is 2.11 bits per heavy atom. The zero-order valence-electron chi connectivity index (χ0n) is 10.6. The van der Waals surface area contributed by atoms with Crippen LogP contribution in [0.25, 0.3) is 0 Å². The third-order valence-electron chi connectivity index (χ3n) is 3.32. The van der Waals surface area contributed by atoms with Gasteiger partial charge in [-0.3, -0.25) is 4.99 Å². The molecule has 2 aromatic rings. The van der Waals surface area contributed by atoms with E-state index < -0.39 is 0 Å². The van der Waals surface area contributed by atoms with Gasteiger partial charge in [0.15, 0.2) is 0 Å². The zero-order valence-corrected chi connectivity index (χ0v) is 10.6. The lowest BCUT2D eigenvalue weighted by atomic mass is 9.94. The van der Waals surface area contributed by atoms with E-state index in [4.69, 9.17) is 0 Å². The van der Waals surface area contributed by atoms with Gasteiger partial charge in [-0.25, -0.2) is 0 Å². The van der Waals surface area contributed by atoms with Gasteiger partial charge in [0, 0.05) is 6.21 Å². The Morgan fingerprint density at radius 2 is 1.42 bits per heavy atom. The Labute approximate surface area is 113 Å². The minimum atomic E-state index is 0.0959. The molecule has 3 rings (SSSR count). The second-order valence-electron chi connectivity index (χ2n) is 4.57. The van der Waals surface area contributed by atoms with Gasteiger partial charge in [-0.1, -0.05) is 60.7 Å². The largest absolute Gasteiger partial charge is 0.382 e. The Kier molecular flexibility index (Phi) is 3.41. The van der Waals surface area contributed by atoms with E-state index in [0.717, 1.165) is 0 Å². The fourth-order valence-corrected chi connectivity index (χ4v) is 2.39. The topological polar surface area (TPSA) is 24.4 Å². The van der Waals surface area contributed by atoms with Crippen LogP contribution in [0.5, 0.6) is 0 Å². The summed E-state index contributed by atoms with van der Waals surface area (Å²) in [6.45, 7) is 0. The fourth-order valence-electron chi connectivity index (χ4n) is 2.39. The van der Waals surface area contributed by atoms with E-state index in [1.165, 1.54) is 11.1 Å². The van der Waals surface area contributed by atoms with Crippen molar-refractivity contribution in [3.8, 4) is 0 Å². The number of hydrogen-bond donors (Lipinski definition) is 1. The second-order valence-corrected chi connectivity index (χ2v) is 4.57. The molecule has 1 aliphatic rings. The summed E-state index contributed by atoms with van der Waals surface area (Å²) in [7, 11) is 0. The smallest absolute Gasteiger partial charge is 0.0991 e. The van der Waals surface area contributed by atoms with Crippen LogP contribution in [0.2, 0.25) is 0 Å². The van der Waals surface area contributed by atoms with Crippen LogP contribution in [0.15, 0.2) is 77.9 Å². The second kappa shape index (κ2) is 5.53. The molecule has 0 saturated heterocycles. The molecule has 1 N–H and O–H groups in total. The lowest BCUT2D eigenvalue weighted by Gasteiger charge is -2.24. The van der Waals surface area contributed by atoms with E-state index in [2.05, 4.69) is 58.8 Å². The van der Waals surface area contributed by atoms with Crippen LogP contribution < -0.4 is 5.32 Å². The molecule has 0 aromatic heterocycles. The summed E-state index contributed by atoms with van der Waals surface area (Å²) < 4.78 is 0. The van der Waals surface area contributed by atoms with Gasteiger partial charge in [0.2, 0.25) is 0 Å². The summed E-state index contributed by atoms with van der Waals surface area (Å²) in [4.78, 5) is 4.68.